The van der Waals surface area contributed by atoms with Crippen LogP contribution in [0.2, 0.25) is 0 Å². The lowest BCUT2D eigenvalue weighted by Crippen LogP contribution is -2.48. The summed E-state index contributed by atoms with van der Waals surface area (Å²) >= 11 is 0. The number of hydrogen-bond donors (Lipinski definition) is 2. The predicted molar refractivity (Wildman–Crippen MR) is 87.1 cm³/mol. The van der Waals surface area contributed by atoms with E-state index in [-0.39, 0.29) is 17.9 Å². The first-order chi connectivity index (χ1) is 10.5. The molecule has 0 aromatic rings. The SMILES string of the molecule is CC(NC(=O)CC1CCCCC1)C(=O)N1CC(CN)CC1C. The molecule has 2 amide bonds. The Kier molecular flexibility index (Phi) is 6.24. The largest absolute Gasteiger partial charge is 0.345 e. The van der Waals surface area contributed by atoms with Gasteiger partial charge in [-0.25, -0.2) is 0 Å². The zero-order chi connectivity index (χ0) is 16.1. The van der Waals surface area contributed by atoms with Gasteiger partial charge in [0.2, 0.25) is 11.8 Å². The van der Waals surface area contributed by atoms with Crippen molar-refractivity contribution in [2.45, 2.75) is 70.9 Å². The molecule has 22 heavy (non-hydrogen) atoms. The van der Waals surface area contributed by atoms with Gasteiger partial charge in [0.05, 0.1) is 0 Å². The molecule has 126 valence electrons. The molecule has 1 saturated heterocycles. The Bertz CT molecular complexity index is 393. The normalized spacial score (nSPS) is 27.7. The second-order valence-electron chi connectivity index (χ2n) is 7.17. The van der Waals surface area contributed by atoms with Crippen LogP contribution < -0.4 is 11.1 Å². The Morgan fingerprint density at radius 3 is 2.50 bits per heavy atom. The van der Waals surface area contributed by atoms with Crippen LogP contribution in [0.4, 0.5) is 0 Å². The van der Waals surface area contributed by atoms with E-state index in [0.29, 0.717) is 24.8 Å². The first-order valence-corrected chi connectivity index (χ1v) is 8.81. The van der Waals surface area contributed by atoms with Crippen LogP contribution in [0.25, 0.3) is 0 Å². The van der Waals surface area contributed by atoms with Crippen LogP contribution in [0, 0.1) is 11.8 Å². The molecular formula is C17H31N3O2. The van der Waals surface area contributed by atoms with E-state index in [1.807, 2.05) is 4.90 Å². The molecular weight excluding hydrogens is 278 g/mol. The summed E-state index contributed by atoms with van der Waals surface area (Å²) in [6, 6.07) is -0.214. The third-order valence-corrected chi connectivity index (χ3v) is 5.22. The summed E-state index contributed by atoms with van der Waals surface area (Å²) in [7, 11) is 0. The average molecular weight is 309 g/mol. The van der Waals surface area contributed by atoms with Gasteiger partial charge in [-0.1, -0.05) is 19.3 Å². The van der Waals surface area contributed by atoms with E-state index in [2.05, 4.69) is 12.2 Å². The number of carbonyl (C=O) groups excluding carboxylic acids is 2. The van der Waals surface area contributed by atoms with Crippen LogP contribution in [0.3, 0.4) is 0 Å². The molecule has 2 rings (SSSR count). The zero-order valence-electron chi connectivity index (χ0n) is 14.0. The number of nitrogens with two attached hydrogens (primary N) is 1. The molecule has 0 spiro atoms. The second-order valence-corrected chi connectivity index (χ2v) is 7.17. The molecule has 1 aliphatic heterocycles. The summed E-state index contributed by atoms with van der Waals surface area (Å²) in [6.45, 7) is 5.20. The number of nitrogens with zero attached hydrogens (tertiary/aromatic N) is 1. The maximum Gasteiger partial charge on any atom is 0.245 e. The second kappa shape index (κ2) is 7.95. The van der Waals surface area contributed by atoms with Crippen molar-refractivity contribution in [2.75, 3.05) is 13.1 Å². The average Bonchev–Trinajstić information content (AvgIpc) is 2.88. The van der Waals surface area contributed by atoms with Gasteiger partial charge in [0, 0.05) is 19.0 Å². The molecule has 0 radical (unpaired) electrons. The molecule has 3 N–H and O–H groups in total. The van der Waals surface area contributed by atoms with Gasteiger partial charge < -0.3 is 16.0 Å². The molecule has 2 aliphatic rings. The van der Waals surface area contributed by atoms with E-state index in [1.54, 1.807) is 6.92 Å². The van der Waals surface area contributed by atoms with Gasteiger partial charge >= 0.3 is 0 Å². The third-order valence-electron chi connectivity index (χ3n) is 5.22. The van der Waals surface area contributed by atoms with Crippen molar-refractivity contribution in [3.63, 3.8) is 0 Å². The molecule has 1 aliphatic carbocycles. The van der Waals surface area contributed by atoms with Gasteiger partial charge in [-0.3, -0.25) is 9.59 Å². The van der Waals surface area contributed by atoms with Gasteiger partial charge in [0.25, 0.3) is 0 Å². The molecule has 3 atom stereocenters. The fourth-order valence-electron chi connectivity index (χ4n) is 3.88. The van der Waals surface area contributed by atoms with E-state index in [4.69, 9.17) is 5.73 Å². The van der Waals surface area contributed by atoms with Crippen LogP contribution in [0.15, 0.2) is 0 Å². The molecule has 0 aromatic heterocycles. The fraction of sp³-hybridized carbons (Fsp3) is 0.882. The van der Waals surface area contributed by atoms with Crippen molar-refractivity contribution in [3.05, 3.63) is 0 Å². The Morgan fingerprint density at radius 2 is 1.91 bits per heavy atom. The van der Waals surface area contributed by atoms with Crippen LogP contribution in [0.5, 0.6) is 0 Å². The first kappa shape index (κ1) is 17.3. The van der Waals surface area contributed by atoms with E-state index < -0.39 is 6.04 Å². The fourth-order valence-corrected chi connectivity index (χ4v) is 3.88. The summed E-state index contributed by atoms with van der Waals surface area (Å²) in [5.74, 6) is 0.947. The Balaban J connectivity index is 1.79. The van der Waals surface area contributed by atoms with E-state index in [1.165, 1.54) is 19.3 Å². The summed E-state index contributed by atoms with van der Waals surface area (Å²) < 4.78 is 0. The Morgan fingerprint density at radius 1 is 1.23 bits per heavy atom. The van der Waals surface area contributed by atoms with Gasteiger partial charge in [-0.05, 0) is 51.5 Å². The van der Waals surface area contributed by atoms with Crippen LogP contribution in [0.1, 0.15) is 58.8 Å². The smallest absolute Gasteiger partial charge is 0.245 e. The lowest BCUT2D eigenvalue weighted by atomic mass is 9.87. The minimum atomic E-state index is -0.435. The predicted octanol–water partition coefficient (Wildman–Crippen LogP) is 1.66. The van der Waals surface area contributed by atoms with Crippen molar-refractivity contribution in [2.24, 2.45) is 17.6 Å². The van der Waals surface area contributed by atoms with Gasteiger partial charge in [0.1, 0.15) is 6.04 Å². The number of nitrogens with one attached hydrogen (secondary N) is 1. The minimum absolute atomic E-state index is 0.0231. The van der Waals surface area contributed by atoms with E-state index in [0.717, 1.165) is 25.8 Å². The Labute approximate surface area is 134 Å². The highest BCUT2D eigenvalue weighted by atomic mass is 16.2. The van der Waals surface area contributed by atoms with Crippen LogP contribution >= 0.6 is 0 Å². The monoisotopic (exact) mass is 309 g/mol. The minimum Gasteiger partial charge on any atom is -0.345 e. The summed E-state index contributed by atoms with van der Waals surface area (Å²) in [5, 5.41) is 2.90. The van der Waals surface area contributed by atoms with Crippen molar-refractivity contribution in [1.29, 1.82) is 0 Å². The molecule has 1 heterocycles. The highest BCUT2D eigenvalue weighted by Gasteiger charge is 2.34. The van der Waals surface area contributed by atoms with Gasteiger partial charge in [-0.15, -0.1) is 0 Å². The third kappa shape index (κ3) is 4.45. The Hall–Kier alpha value is -1.10. The maximum atomic E-state index is 12.5. The lowest BCUT2D eigenvalue weighted by molar-refractivity contribution is -0.136. The topological polar surface area (TPSA) is 75.4 Å². The van der Waals surface area contributed by atoms with Gasteiger partial charge in [0.15, 0.2) is 0 Å². The first-order valence-electron chi connectivity index (χ1n) is 8.81. The van der Waals surface area contributed by atoms with Crippen molar-refractivity contribution < 1.29 is 9.59 Å². The number of amides is 2. The zero-order valence-corrected chi connectivity index (χ0v) is 14.0. The van der Waals surface area contributed by atoms with Crippen molar-refractivity contribution >= 4 is 11.8 Å². The number of carbonyl (C=O) groups is 2. The molecule has 3 unspecified atom stereocenters. The molecule has 5 nitrogen and oxygen atoms in total. The molecule has 1 saturated carbocycles. The summed E-state index contributed by atoms with van der Waals surface area (Å²) in [6.07, 6.45) is 7.59. The van der Waals surface area contributed by atoms with Gasteiger partial charge in [-0.2, -0.15) is 0 Å². The standard InChI is InChI=1S/C17H31N3O2/c1-12-8-15(10-18)11-20(12)17(22)13(2)19-16(21)9-14-6-4-3-5-7-14/h12-15H,3-11,18H2,1-2H3,(H,19,21). The maximum absolute atomic E-state index is 12.5. The van der Waals surface area contributed by atoms with Crippen LogP contribution in [-0.2, 0) is 9.59 Å². The molecule has 0 aromatic carbocycles. The quantitative estimate of drug-likeness (QED) is 0.811. The van der Waals surface area contributed by atoms with Crippen LogP contribution in [-0.4, -0.2) is 41.9 Å². The highest BCUT2D eigenvalue weighted by Crippen LogP contribution is 2.26. The number of rotatable bonds is 5. The summed E-state index contributed by atoms with van der Waals surface area (Å²) in [5.41, 5.74) is 5.71. The van der Waals surface area contributed by atoms with E-state index in [9.17, 15) is 9.59 Å². The molecule has 0 bridgehead atoms. The van der Waals surface area contributed by atoms with Crippen molar-refractivity contribution in [3.8, 4) is 0 Å². The van der Waals surface area contributed by atoms with E-state index >= 15 is 0 Å². The highest BCUT2D eigenvalue weighted by molar-refractivity contribution is 5.87. The number of likely N-dealkylation sites (tertiary alicyclic amines) is 1. The lowest BCUT2D eigenvalue weighted by Gasteiger charge is -2.26. The summed E-state index contributed by atoms with van der Waals surface area (Å²) in [4.78, 5) is 26.5. The molecule has 5 heteroatoms. The van der Waals surface area contributed by atoms with Crippen molar-refractivity contribution in [1.82, 2.24) is 10.2 Å². The molecule has 2 fully saturated rings. The number of hydrogen-bond acceptors (Lipinski definition) is 3.